The molecule has 2 aromatic rings. The lowest BCUT2D eigenvalue weighted by Crippen LogP contribution is -2.01. The molecule has 0 saturated heterocycles. The summed E-state index contributed by atoms with van der Waals surface area (Å²) in [5.41, 5.74) is 1.70. The van der Waals surface area contributed by atoms with Gasteiger partial charge in [-0.25, -0.2) is 9.37 Å². The standard InChI is InChI=1S/C11H12FN3O/c1-16-11-4-8(12)2-3-10(11)14-6-9-5-13-7-15-9/h2-5,7,14H,6H2,1H3,(H,13,15). The molecule has 84 valence electrons. The van der Waals surface area contributed by atoms with Gasteiger partial charge in [0.05, 0.1) is 31.4 Å². The van der Waals surface area contributed by atoms with Crippen molar-refractivity contribution in [3.63, 3.8) is 0 Å². The van der Waals surface area contributed by atoms with Crippen LogP contribution in [0.4, 0.5) is 10.1 Å². The largest absolute Gasteiger partial charge is 0.494 e. The van der Waals surface area contributed by atoms with Crippen molar-refractivity contribution >= 4 is 5.69 Å². The summed E-state index contributed by atoms with van der Waals surface area (Å²) in [7, 11) is 1.51. The second-order valence-corrected chi connectivity index (χ2v) is 3.28. The van der Waals surface area contributed by atoms with Crippen LogP contribution in [0, 0.1) is 5.82 Å². The van der Waals surface area contributed by atoms with Crippen LogP contribution >= 0.6 is 0 Å². The van der Waals surface area contributed by atoms with Crippen LogP contribution < -0.4 is 10.1 Å². The van der Waals surface area contributed by atoms with Gasteiger partial charge in [0.25, 0.3) is 0 Å². The average Bonchev–Trinajstić information content (AvgIpc) is 2.80. The van der Waals surface area contributed by atoms with E-state index in [-0.39, 0.29) is 5.82 Å². The number of aromatic nitrogens is 2. The monoisotopic (exact) mass is 221 g/mol. The highest BCUT2D eigenvalue weighted by Gasteiger charge is 2.04. The molecule has 0 saturated carbocycles. The first-order chi connectivity index (χ1) is 7.79. The van der Waals surface area contributed by atoms with Crippen LogP contribution in [0.25, 0.3) is 0 Å². The number of hydrogen-bond donors (Lipinski definition) is 2. The molecule has 1 aromatic carbocycles. The minimum atomic E-state index is -0.316. The maximum atomic E-state index is 12.9. The first kappa shape index (κ1) is 10.5. The fourth-order valence-electron chi connectivity index (χ4n) is 1.38. The lowest BCUT2D eigenvalue weighted by Gasteiger charge is -2.10. The molecule has 0 aliphatic heterocycles. The molecule has 5 heteroatoms. The first-order valence-corrected chi connectivity index (χ1v) is 4.84. The Hall–Kier alpha value is -2.04. The van der Waals surface area contributed by atoms with Gasteiger partial charge in [-0.2, -0.15) is 0 Å². The lowest BCUT2D eigenvalue weighted by atomic mass is 10.2. The van der Waals surface area contributed by atoms with Crippen molar-refractivity contribution < 1.29 is 9.13 Å². The van der Waals surface area contributed by atoms with E-state index in [2.05, 4.69) is 15.3 Å². The van der Waals surface area contributed by atoms with Crippen LogP contribution in [-0.4, -0.2) is 17.1 Å². The van der Waals surface area contributed by atoms with Crippen molar-refractivity contribution in [2.45, 2.75) is 6.54 Å². The number of imidazole rings is 1. The normalized spacial score (nSPS) is 10.1. The number of rotatable bonds is 4. The number of methoxy groups -OCH3 is 1. The smallest absolute Gasteiger partial charge is 0.144 e. The molecule has 0 radical (unpaired) electrons. The van der Waals surface area contributed by atoms with E-state index in [0.717, 1.165) is 11.4 Å². The summed E-state index contributed by atoms with van der Waals surface area (Å²) in [5.74, 6) is 0.170. The van der Waals surface area contributed by atoms with Crippen LogP contribution in [0.15, 0.2) is 30.7 Å². The predicted octanol–water partition coefficient (Wildman–Crippen LogP) is 2.17. The van der Waals surface area contributed by atoms with Gasteiger partial charge >= 0.3 is 0 Å². The highest BCUT2D eigenvalue weighted by molar-refractivity contribution is 5.56. The van der Waals surface area contributed by atoms with Gasteiger partial charge in [0.2, 0.25) is 0 Å². The predicted molar refractivity (Wildman–Crippen MR) is 58.9 cm³/mol. The molecule has 1 heterocycles. The van der Waals surface area contributed by atoms with Gasteiger partial charge in [0.1, 0.15) is 11.6 Å². The van der Waals surface area contributed by atoms with Crippen molar-refractivity contribution in [3.05, 3.63) is 42.2 Å². The van der Waals surface area contributed by atoms with Crippen LogP contribution in [0.1, 0.15) is 5.69 Å². The topological polar surface area (TPSA) is 49.9 Å². The van der Waals surface area contributed by atoms with E-state index >= 15 is 0 Å². The zero-order chi connectivity index (χ0) is 11.4. The Morgan fingerprint density at radius 1 is 1.50 bits per heavy atom. The Kier molecular flexibility index (Phi) is 3.05. The lowest BCUT2D eigenvalue weighted by molar-refractivity contribution is 0.413. The molecular formula is C11H12FN3O. The van der Waals surface area contributed by atoms with E-state index in [9.17, 15) is 4.39 Å². The van der Waals surface area contributed by atoms with Crippen LogP contribution in [0.3, 0.4) is 0 Å². The van der Waals surface area contributed by atoms with E-state index in [0.29, 0.717) is 12.3 Å². The van der Waals surface area contributed by atoms with Gasteiger partial charge in [-0.05, 0) is 12.1 Å². The fraction of sp³-hybridized carbons (Fsp3) is 0.182. The van der Waals surface area contributed by atoms with Crippen molar-refractivity contribution in [2.24, 2.45) is 0 Å². The quantitative estimate of drug-likeness (QED) is 0.831. The molecule has 0 aliphatic carbocycles. The molecule has 0 bridgehead atoms. The number of ether oxygens (including phenoxy) is 1. The highest BCUT2D eigenvalue weighted by atomic mass is 19.1. The summed E-state index contributed by atoms with van der Waals surface area (Å²) in [5, 5.41) is 3.13. The number of nitrogens with one attached hydrogen (secondary N) is 2. The minimum absolute atomic E-state index is 0.316. The maximum absolute atomic E-state index is 12.9. The fourth-order valence-corrected chi connectivity index (χ4v) is 1.38. The Labute approximate surface area is 92.5 Å². The third-order valence-corrected chi connectivity index (χ3v) is 2.19. The summed E-state index contributed by atoms with van der Waals surface area (Å²) in [6.45, 7) is 0.585. The van der Waals surface area contributed by atoms with E-state index in [1.807, 2.05) is 0 Å². The molecule has 0 atom stereocenters. The van der Waals surface area contributed by atoms with E-state index < -0.39 is 0 Å². The molecular weight excluding hydrogens is 209 g/mol. The summed E-state index contributed by atoms with van der Waals surface area (Å²) >= 11 is 0. The molecule has 4 nitrogen and oxygen atoms in total. The second-order valence-electron chi connectivity index (χ2n) is 3.28. The molecule has 16 heavy (non-hydrogen) atoms. The number of halogens is 1. The molecule has 1 aromatic heterocycles. The summed E-state index contributed by atoms with van der Waals surface area (Å²) in [4.78, 5) is 6.87. The minimum Gasteiger partial charge on any atom is -0.494 e. The molecule has 0 aliphatic rings. The molecule has 0 spiro atoms. The Morgan fingerprint density at radius 2 is 2.38 bits per heavy atom. The van der Waals surface area contributed by atoms with E-state index in [4.69, 9.17) is 4.74 Å². The van der Waals surface area contributed by atoms with Crippen molar-refractivity contribution in [3.8, 4) is 5.75 Å². The van der Waals surface area contributed by atoms with Gasteiger partial charge in [-0.15, -0.1) is 0 Å². The molecule has 0 fully saturated rings. The van der Waals surface area contributed by atoms with Gasteiger partial charge in [-0.3, -0.25) is 0 Å². The van der Waals surface area contributed by atoms with Crippen LogP contribution in [0.5, 0.6) is 5.75 Å². The third-order valence-electron chi connectivity index (χ3n) is 2.19. The van der Waals surface area contributed by atoms with E-state index in [1.165, 1.54) is 19.2 Å². The van der Waals surface area contributed by atoms with Crippen molar-refractivity contribution in [1.82, 2.24) is 9.97 Å². The number of aromatic amines is 1. The van der Waals surface area contributed by atoms with Crippen LogP contribution in [-0.2, 0) is 6.54 Å². The number of benzene rings is 1. The van der Waals surface area contributed by atoms with Gasteiger partial charge in [-0.1, -0.05) is 0 Å². The number of anilines is 1. The zero-order valence-electron chi connectivity index (χ0n) is 8.83. The Bertz CT molecular complexity index is 456. The third kappa shape index (κ3) is 2.31. The van der Waals surface area contributed by atoms with Crippen LogP contribution in [0.2, 0.25) is 0 Å². The average molecular weight is 221 g/mol. The number of nitrogens with zero attached hydrogens (tertiary/aromatic N) is 1. The zero-order valence-corrected chi connectivity index (χ0v) is 8.83. The highest BCUT2D eigenvalue weighted by Crippen LogP contribution is 2.25. The summed E-state index contributed by atoms with van der Waals surface area (Å²) in [6.07, 6.45) is 3.34. The maximum Gasteiger partial charge on any atom is 0.144 e. The Balaban J connectivity index is 2.09. The summed E-state index contributed by atoms with van der Waals surface area (Å²) < 4.78 is 18.0. The van der Waals surface area contributed by atoms with Gasteiger partial charge in [0, 0.05) is 12.3 Å². The number of hydrogen-bond acceptors (Lipinski definition) is 3. The Morgan fingerprint density at radius 3 is 3.06 bits per heavy atom. The summed E-state index contributed by atoms with van der Waals surface area (Å²) in [6, 6.07) is 4.37. The van der Waals surface area contributed by atoms with Crippen molar-refractivity contribution in [2.75, 3.05) is 12.4 Å². The SMILES string of the molecule is COc1cc(F)ccc1NCc1cnc[nH]1. The molecule has 0 unspecified atom stereocenters. The van der Waals surface area contributed by atoms with Gasteiger partial charge < -0.3 is 15.0 Å². The second kappa shape index (κ2) is 4.65. The van der Waals surface area contributed by atoms with E-state index in [1.54, 1.807) is 18.6 Å². The first-order valence-electron chi connectivity index (χ1n) is 4.84. The molecule has 2 rings (SSSR count). The molecule has 2 N–H and O–H groups in total. The van der Waals surface area contributed by atoms with Gasteiger partial charge in [0.15, 0.2) is 0 Å². The van der Waals surface area contributed by atoms with Crippen molar-refractivity contribution in [1.29, 1.82) is 0 Å². The molecule has 0 amide bonds. The number of H-pyrrole nitrogens is 1.